The van der Waals surface area contributed by atoms with Gasteiger partial charge in [0, 0.05) is 17.3 Å². The second-order valence-corrected chi connectivity index (χ2v) is 9.08. The summed E-state index contributed by atoms with van der Waals surface area (Å²) in [5, 5.41) is 33.4. The van der Waals surface area contributed by atoms with Crippen LogP contribution in [0.3, 0.4) is 0 Å². The second-order valence-electron chi connectivity index (χ2n) is 9.08. The smallest absolute Gasteiger partial charge is 0.351 e. The molecule has 0 aliphatic carbocycles. The minimum absolute atomic E-state index is 0.0151. The Morgan fingerprint density at radius 1 is 1.00 bits per heavy atom. The van der Waals surface area contributed by atoms with Crippen LogP contribution < -0.4 is 16.2 Å². The molecule has 13 nitrogen and oxygen atoms in total. The number of hydrogen-bond acceptors (Lipinski definition) is 12. The van der Waals surface area contributed by atoms with Gasteiger partial charge in [-0.05, 0) is 37.3 Å². The van der Waals surface area contributed by atoms with Crippen molar-refractivity contribution in [2.45, 2.75) is 44.3 Å². The summed E-state index contributed by atoms with van der Waals surface area (Å²) in [6.45, 7) is 1.53. The van der Waals surface area contributed by atoms with Gasteiger partial charge in [-0.2, -0.15) is 4.98 Å². The number of hydrogen-bond donors (Lipinski definition) is 4. The highest BCUT2D eigenvalue weighted by molar-refractivity contribution is 6.12. The first-order valence-electron chi connectivity index (χ1n) is 12.3. The summed E-state index contributed by atoms with van der Waals surface area (Å²) in [5.74, 6) is -1.21. The number of carbonyl (C=O) groups excluding carboxylic acids is 2. The molecule has 0 radical (unpaired) electrons. The number of benzene rings is 2. The summed E-state index contributed by atoms with van der Waals surface area (Å²) < 4.78 is 16.8. The van der Waals surface area contributed by atoms with Crippen molar-refractivity contribution in [3.63, 3.8) is 0 Å². The maximum absolute atomic E-state index is 12.2. The maximum Gasteiger partial charge on any atom is 0.351 e. The van der Waals surface area contributed by atoms with Crippen LogP contribution >= 0.6 is 0 Å². The lowest BCUT2D eigenvalue weighted by Crippen LogP contribution is -2.36. The number of nitrogen functional groups attached to an aromatic ring is 1. The van der Waals surface area contributed by atoms with E-state index < -0.39 is 48.8 Å². The summed E-state index contributed by atoms with van der Waals surface area (Å²) in [5.41, 5.74) is 7.41. The van der Waals surface area contributed by atoms with E-state index in [0.717, 1.165) is 10.1 Å². The molecule has 3 aromatic rings. The van der Waals surface area contributed by atoms with Crippen molar-refractivity contribution >= 4 is 23.5 Å². The van der Waals surface area contributed by atoms with Crippen LogP contribution in [0.4, 0.5) is 5.82 Å². The lowest BCUT2D eigenvalue weighted by molar-refractivity contribution is -0.152. The minimum Gasteiger partial charge on any atom is -0.463 e. The minimum atomic E-state index is -1.48. The molecule has 0 bridgehead atoms. The molecule has 210 valence electrons. The lowest BCUT2D eigenvalue weighted by Gasteiger charge is -2.16. The zero-order valence-corrected chi connectivity index (χ0v) is 21.4. The first-order valence-corrected chi connectivity index (χ1v) is 12.3. The number of aliphatic hydroxyl groups is 2. The molecule has 2 aromatic carbocycles. The largest absolute Gasteiger partial charge is 0.463 e. The summed E-state index contributed by atoms with van der Waals surface area (Å²) in [4.78, 5) is 39.9. The van der Waals surface area contributed by atoms with E-state index in [4.69, 9.17) is 19.9 Å². The molecule has 1 unspecified atom stereocenters. The van der Waals surface area contributed by atoms with Crippen molar-refractivity contribution < 1.29 is 39.2 Å². The third kappa shape index (κ3) is 6.69. The quantitative estimate of drug-likeness (QED) is 0.0968. The predicted octanol–water partition coefficient (Wildman–Crippen LogP) is 0.909. The molecule has 2 heterocycles. The molecule has 1 aliphatic rings. The number of esters is 2. The predicted molar refractivity (Wildman–Crippen MR) is 140 cm³/mol. The number of rotatable bonds is 9. The monoisotopic (exact) mass is 552 g/mol. The van der Waals surface area contributed by atoms with E-state index in [1.54, 1.807) is 12.1 Å². The number of anilines is 1. The van der Waals surface area contributed by atoms with Gasteiger partial charge in [-0.3, -0.25) is 14.2 Å². The first kappa shape index (κ1) is 28.4. The Bertz CT molecular complexity index is 1440. The van der Waals surface area contributed by atoms with Gasteiger partial charge in [0.2, 0.25) is 0 Å². The number of aliphatic hydroxyl groups excluding tert-OH is 2. The fourth-order valence-corrected chi connectivity index (χ4v) is 4.02. The van der Waals surface area contributed by atoms with Gasteiger partial charge in [-0.15, -0.1) is 0 Å². The number of aromatic nitrogens is 2. The van der Waals surface area contributed by atoms with E-state index in [0.29, 0.717) is 16.8 Å². The number of aryl methyl sites for hydroxylation is 1. The van der Waals surface area contributed by atoms with Crippen LogP contribution in [-0.4, -0.2) is 67.5 Å². The summed E-state index contributed by atoms with van der Waals surface area (Å²) in [6.07, 6.45) is -4.62. The summed E-state index contributed by atoms with van der Waals surface area (Å²) in [6, 6.07) is 15.1. The average molecular weight is 553 g/mol. The van der Waals surface area contributed by atoms with E-state index in [1.807, 2.05) is 31.2 Å². The number of nitrogens with two attached hydrogens (primary N) is 1. The summed E-state index contributed by atoms with van der Waals surface area (Å²) >= 11 is 0. The topological polar surface area (TPSA) is 196 Å². The van der Waals surface area contributed by atoms with Crippen molar-refractivity contribution in [2.24, 2.45) is 5.16 Å². The van der Waals surface area contributed by atoms with Crippen LogP contribution in [0.5, 0.6) is 5.75 Å². The Morgan fingerprint density at radius 2 is 1.62 bits per heavy atom. The number of carbonyl (C=O) groups is 2. The molecule has 40 heavy (non-hydrogen) atoms. The molecule has 1 saturated heterocycles. The zero-order chi connectivity index (χ0) is 28.8. The van der Waals surface area contributed by atoms with Crippen LogP contribution in [-0.2, 0) is 19.1 Å². The molecule has 1 fully saturated rings. The van der Waals surface area contributed by atoms with Gasteiger partial charge in [0.05, 0.1) is 12.8 Å². The Hall–Kier alpha value is -4.59. The maximum atomic E-state index is 12.2. The van der Waals surface area contributed by atoms with E-state index in [2.05, 4.69) is 10.1 Å². The van der Waals surface area contributed by atoms with Gasteiger partial charge in [0.1, 0.15) is 42.2 Å². The molecule has 4 rings (SSSR count). The van der Waals surface area contributed by atoms with Crippen LogP contribution in [0.25, 0.3) is 0 Å². The van der Waals surface area contributed by atoms with Crippen molar-refractivity contribution in [3.05, 3.63) is 88.0 Å². The highest BCUT2D eigenvalue weighted by atomic mass is 16.6. The molecule has 13 heteroatoms. The molecule has 1 aliphatic heterocycles. The normalized spacial score (nSPS) is 20.7. The number of nitrogens with zero attached hydrogens (tertiary/aromatic N) is 3. The van der Waals surface area contributed by atoms with E-state index in [9.17, 15) is 29.8 Å². The third-order valence-corrected chi connectivity index (χ3v) is 6.19. The highest BCUT2D eigenvalue weighted by Crippen LogP contribution is 2.28. The number of oxime groups is 1. The molecule has 0 amide bonds. The average Bonchev–Trinajstić information content (AvgIpc) is 3.21. The Labute approximate surface area is 228 Å². The van der Waals surface area contributed by atoms with E-state index in [-0.39, 0.29) is 24.4 Å². The van der Waals surface area contributed by atoms with Gasteiger partial charge < -0.3 is 35.4 Å². The lowest BCUT2D eigenvalue weighted by atomic mass is 10.0. The second kappa shape index (κ2) is 12.5. The van der Waals surface area contributed by atoms with E-state index in [1.165, 1.54) is 24.4 Å². The molecular formula is C27H28N4O9. The van der Waals surface area contributed by atoms with Crippen molar-refractivity contribution in [1.82, 2.24) is 9.55 Å². The Kier molecular flexibility index (Phi) is 8.89. The summed E-state index contributed by atoms with van der Waals surface area (Å²) in [7, 11) is 0. The standard InChI is InChI=1S/C27H28N4O9/c1-15-2-4-16(5-3-15)23(30-37)17-6-8-18(9-7-17)39-22(33)11-10-21(32)38-14-19-24(34)25(35)26(40-19)31-13-12-20(28)29-27(31)36/h2-9,12-13,19,24-26,34-35,37H,10-11,14H2,1H3,(H2,28,29,36)/b30-23+/t19-,24-,25-,26?/m1/s1. The van der Waals surface area contributed by atoms with Gasteiger partial charge >= 0.3 is 17.6 Å². The van der Waals surface area contributed by atoms with Gasteiger partial charge in [-0.25, -0.2) is 4.79 Å². The van der Waals surface area contributed by atoms with Crippen LogP contribution in [0, 0.1) is 6.92 Å². The Balaban J connectivity index is 1.24. The van der Waals surface area contributed by atoms with Crippen LogP contribution in [0.2, 0.25) is 0 Å². The van der Waals surface area contributed by atoms with Gasteiger partial charge in [-0.1, -0.05) is 35.0 Å². The fourth-order valence-electron chi connectivity index (χ4n) is 4.02. The van der Waals surface area contributed by atoms with Crippen LogP contribution in [0.1, 0.15) is 35.8 Å². The number of ether oxygens (including phenoxy) is 3. The SMILES string of the molecule is Cc1ccc(/C(=N\O)c2ccc(OC(=O)CCC(=O)OC[C@H]3OC(n4ccc(N)nc4=O)[C@H](O)[C@@H]3O)cc2)cc1. The molecular weight excluding hydrogens is 524 g/mol. The first-order chi connectivity index (χ1) is 19.2. The molecule has 1 aromatic heterocycles. The molecule has 4 atom stereocenters. The van der Waals surface area contributed by atoms with E-state index >= 15 is 0 Å². The molecule has 0 spiro atoms. The molecule has 0 saturated carbocycles. The van der Waals surface area contributed by atoms with Crippen molar-refractivity contribution in [2.75, 3.05) is 12.3 Å². The fraction of sp³-hybridized carbons (Fsp3) is 0.296. The zero-order valence-electron chi connectivity index (χ0n) is 21.4. The van der Waals surface area contributed by atoms with Crippen molar-refractivity contribution in [3.8, 4) is 5.75 Å². The van der Waals surface area contributed by atoms with Gasteiger partial charge in [0.15, 0.2) is 6.23 Å². The Morgan fingerprint density at radius 3 is 2.25 bits per heavy atom. The third-order valence-electron chi connectivity index (χ3n) is 6.19. The highest BCUT2D eigenvalue weighted by Gasteiger charge is 2.44. The van der Waals surface area contributed by atoms with Gasteiger partial charge in [0.25, 0.3) is 0 Å². The molecule has 5 N–H and O–H groups in total. The van der Waals surface area contributed by atoms with Crippen LogP contribution in [0.15, 0.2) is 70.7 Å². The van der Waals surface area contributed by atoms with Crippen molar-refractivity contribution in [1.29, 1.82) is 0 Å².